The van der Waals surface area contributed by atoms with Crippen molar-refractivity contribution in [3.63, 3.8) is 0 Å². The van der Waals surface area contributed by atoms with Crippen molar-refractivity contribution in [2.24, 2.45) is 5.92 Å². The Labute approximate surface area is 154 Å². The van der Waals surface area contributed by atoms with Crippen LogP contribution < -0.4 is 10.2 Å². The second-order valence-electron chi connectivity index (χ2n) is 6.93. The van der Waals surface area contributed by atoms with Gasteiger partial charge in [0.05, 0.1) is 18.8 Å². The summed E-state index contributed by atoms with van der Waals surface area (Å²) in [5.41, 5.74) is 2.22. The number of anilines is 1. The molecule has 1 saturated heterocycles. The summed E-state index contributed by atoms with van der Waals surface area (Å²) in [7, 11) is 0. The molecule has 1 fully saturated rings. The van der Waals surface area contributed by atoms with Crippen molar-refractivity contribution in [2.45, 2.75) is 30.4 Å². The van der Waals surface area contributed by atoms with Gasteiger partial charge in [0.15, 0.2) is 6.54 Å². The first kappa shape index (κ1) is 18.0. The number of carbonyl (C=O) groups is 1. The Hall–Kier alpha value is -1.78. The molecule has 3 nitrogen and oxygen atoms in total. The minimum atomic E-state index is 0.123. The van der Waals surface area contributed by atoms with Gasteiger partial charge in [-0.25, -0.2) is 0 Å². The standard InChI is InChI=1S/C21H26N2OS/c1-17-11-13-23(14-12-17)15-21(24)22-19-9-5-6-10-20(19)25-16-18-7-3-2-4-8-18/h2-10,17H,11-16H2,1H3,(H,22,24)/p+1. The molecule has 0 spiro atoms. The molecule has 4 heteroatoms. The fourth-order valence-electron chi connectivity index (χ4n) is 3.20. The number of thioether (sulfide) groups is 1. The number of rotatable bonds is 6. The van der Waals surface area contributed by atoms with E-state index in [9.17, 15) is 4.79 Å². The molecule has 3 rings (SSSR count). The highest BCUT2D eigenvalue weighted by Gasteiger charge is 2.21. The maximum Gasteiger partial charge on any atom is 0.279 e. The van der Waals surface area contributed by atoms with E-state index < -0.39 is 0 Å². The number of hydrogen-bond donors (Lipinski definition) is 2. The van der Waals surface area contributed by atoms with Gasteiger partial charge in [-0.1, -0.05) is 49.4 Å². The first-order valence-corrected chi connectivity index (χ1v) is 10.1. The van der Waals surface area contributed by atoms with Gasteiger partial charge in [0.25, 0.3) is 5.91 Å². The quantitative estimate of drug-likeness (QED) is 0.780. The lowest BCUT2D eigenvalue weighted by atomic mass is 9.99. The fourth-order valence-corrected chi connectivity index (χ4v) is 4.16. The zero-order chi connectivity index (χ0) is 17.5. The average Bonchev–Trinajstić information content (AvgIpc) is 2.64. The number of carbonyl (C=O) groups excluding carboxylic acids is 1. The van der Waals surface area contributed by atoms with Gasteiger partial charge in [-0.15, -0.1) is 11.8 Å². The van der Waals surface area contributed by atoms with E-state index in [1.807, 2.05) is 24.3 Å². The molecule has 0 unspecified atom stereocenters. The summed E-state index contributed by atoms with van der Waals surface area (Å²) >= 11 is 1.77. The van der Waals surface area contributed by atoms with E-state index in [1.165, 1.54) is 23.3 Å². The number of amides is 1. The summed E-state index contributed by atoms with van der Waals surface area (Å²) in [5.74, 6) is 1.84. The smallest absolute Gasteiger partial charge is 0.279 e. The number of quaternary nitrogens is 1. The van der Waals surface area contributed by atoms with Crippen molar-refractivity contribution >= 4 is 23.4 Å². The molecule has 2 aromatic carbocycles. The van der Waals surface area contributed by atoms with Crippen LogP contribution in [0, 0.1) is 5.92 Å². The second kappa shape index (κ2) is 9.07. The van der Waals surface area contributed by atoms with E-state index in [-0.39, 0.29) is 5.91 Å². The Kier molecular flexibility index (Phi) is 6.54. The maximum atomic E-state index is 12.4. The minimum absolute atomic E-state index is 0.123. The third-order valence-electron chi connectivity index (χ3n) is 4.79. The van der Waals surface area contributed by atoms with Gasteiger partial charge in [0.2, 0.25) is 0 Å². The Balaban J connectivity index is 1.56. The van der Waals surface area contributed by atoms with Crippen LogP contribution in [0.4, 0.5) is 5.69 Å². The van der Waals surface area contributed by atoms with Gasteiger partial charge < -0.3 is 10.2 Å². The first-order valence-electron chi connectivity index (χ1n) is 9.10. The van der Waals surface area contributed by atoms with E-state index in [0.717, 1.165) is 35.3 Å². The average molecular weight is 356 g/mol. The van der Waals surface area contributed by atoms with Crippen molar-refractivity contribution in [1.82, 2.24) is 0 Å². The Morgan fingerprint density at radius 1 is 1.08 bits per heavy atom. The molecule has 0 saturated carbocycles. The van der Waals surface area contributed by atoms with Crippen LogP contribution in [0.3, 0.4) is 0 Å². The van der Waals surface area contributed by atoms with Crippen molar-refractivity contribution < 1.29 is 9.69 Å². The van der Waals surface area contributed by atoms with Gasteiger partial charge in [-0.05, 0) is 36.5 Å². The van der Waals surface area contributed by atoms with Crippen LogP contribution in [0.5, 0.6) is 0 Å². The summed E-state index contributed by atoms with van der Waals surface area (Å²) in [6.45, 7) is 5.10. The van der Waals surface area contributed by atoms with Gasteiger partial charge in [0, 0.05) is 10.6 Å². The molecule has 1 aliphatic rings. The molecule has 0 radical (unpaired) electrons. The van der Waals surface area contributed by atoms with Crippen LogP contribution in [0.15, 0.2) is 59.5 Å². The van der Waals surface area contributed by atoms with Crippen LogP contribution in [0.2, 0.25) is 0 Å². The topological polar surface area (TPSA) is 33.5 Å². The number of likely N-dealkylation sites (tertiary alicyclic amines) is 1. The molecule has 0 bridgehead atoms. The van der Waals surface area contributed by atoms with Crippen LogP contribution in [0.25, 0.3) is 0 Å². The zero-order valence-corrected chi connectivity index (χ0v) is 15.6. The lowest BCUT2D eigenvalue weighted by Crippen LogP contribution is -3.14. The molecule has 1 amide bonds. The lowest BCUT2D eigenvalue weighted by molar-refractivity contribution is -0.897. The van der Waals surface area contributed by atoms with Crippen LogP contribution >= 0.6 is 11.8 Å². The molecule has 1 heterocycles. The third-order valence-corrected chi connectivity index (χ3v) is 5.93. The maximum absolute atomic E-state index is 12.4. The van der Waals surface area contributed by atoms with Crippen LogP contribution in [-0.4, -0.2) is 25.5 Å². The molecular formula is C21H27N2OS+. The van der Waals surface area contributed by atoms with Gasteiger partial charge >= 0.3 is 0 Å². The van der Waals surface area contributed by atoms with Crippen molar-refractivity contribution in [3.8, 4) is 0 Å². The van der Waals surface area contributed by atoms with E-state index in [2.05, 4.69) is 42.6 Å². The zero-order valence-electron chi connectivity index (χ0n) is 14.8. The van der Waals surface area contributed by atoms with E-state index in [4.69, 9.17) is 0 Å². The minimum Gasteiger partial charge on any atom is -0.327 e. The number of para-hydroxylation sites is 1. The molecule has 0 aliphatic carbocycles. The Bertz CT molecular complexity index is 681. The van der Waals surface area contributed by atoms with Crippen LogP contribution in [-0.2, 0) is 10.5 Å². The molecule has 0 aromatic heterocycles. The summed E-state index contributed by atoms with van der Waals surface area (Å²) in [6, 6.07) is 18.5. The highest BCUT2D eigenvalue weighted by atomic mass is 32.2. The normalized spacial score (nSPS) is 20.2. The highest BCUT2D eigenvalue weighted by molar-refractivity contribution is 7.98. The van der Waals surface area contributed by atoms with Crippen molar-refractivity contribution in [1.29, 1.82) is 0 Å². The molecule has 1 aliphatic heterocycles. The number of hydrogen-bond acceptors (Lipinski definition) is 2. The summed E-state index contributed by atoms with van der Waals surface area (Å²) in [4.78, 5) is 15.0. The summed E-state index contributed by atoms with van der Waals surface area (Å²) < 4.78 is 0. The largest absolute Gasteiger partial charge is 0.327 e. The van der Waals surface area contributed by atoms with Gasteiger partial charge in [0.1, 0.15) is 0 Å². The van der Waals surface area contributed by atoms with Crippen LogP contribution in [0.1, 0.15) is 25.3 Å². The monoisotopic (exact) mass is 355 g/mol. The molecular weight excluding hydrogens is 328 g/mol. The Morgan fingerprint density at radius 3 is 2.52 bits per heavy atom. The summed E-state index contributed by atoms with van der Waals surface area (Å²) in [6.07, 6.45) is 2.46. The second-order valence-corrected chi connectivity index (χ2v) is 7.95. The predicted octanol–water partition coefficient (Wildman–Crippen LogP) is 3.23. The van der Waals surface area contributed by atoms with Crippen molar-refractivity contribution in [2.75, 3.05) is 25.0 Å². The molecule has 2 N–H and O–H groups in total. The van der Waals surface area contributed by atoms with E-state index in [0.29, 0.717) is 6.54 Å². The SMILES string of the molecule is CC1CC[NH+](CC(=O)Nc2ccccc2SCc2ccccc2)CC1. The number of benzene rings is 2. The number of nitrogens with one attached hydrogen (secondary N) is 2. The number of piperidine rings is 1. The van der Waals surface area contributed by atoms with Crippen molar-refractivity contribution in [3.05, 3.63) is 60.2 Å². The lowest BCUT2D eigenvalue weighted by Gasteiger charge is -2.26. The molecule has 132 valence electrons. The third kappa shape index (κ3) is 5.62. The van der Waals surface area contributed by atoms with E-state index >= 15 is 0 Å². The van der Waals surface area contributed by atoms with Gasteiger partial charge in [-0.3, -0.25) is 4.79 Å². The molecule has 25 heavy (non-hydrogen) atoms. The van der Waals surface area contributed by atoms with Gasteiger partial charge in [-0.2, -0.15) is 0 Å². The predicted molar refractivity (Wildman–Crippen MR) is 105 cm³/mol. The summed E-state index contributed by atoms with van der Waals surface area (Å²) in [5, 5.41) is 3.12. The molecule has 2 aromatic rings. The van der Waals surface area contributed by atoms with E-state index in [1.54, 1.807) is 11.8 Å². The highest BCUT2D eigenvalue weighted by Crippen LogP contribution is 2.29. The first-order chi connectivity index (χ1) is 12.2. The fraction of sp³-hybridized carbons (Fsp3) is 0.381. The molecule has 0 atom stereocenters. The Morgan fingerprint density at radius 2 is 1.76 bits per heavy atom.